The molecule has 4 nitrogen and oxygen atoms in total. The third kappa shape index (κ3) is 3.22. The molecule has 1 aliphatic carbocycles. The summed E-state index contributed by atoms with van der Waals surface area (Å²) in [7, 11) is 2.15. The van der Waals surface area contributed by atoms with Crippen LogP contribution in [0.3, 0.4) is 0 Å². The van der Waals surface area contributed by atoms with Crippen LogP contribution in [0.1, 0.15) is 51.4 Å². The van der Waals surface area contributed by atoms with Crippen molar-refractivity contribution in [1.29, 1.82) is 0 Å². The molecule has 1 fully saturated rings. The lowest BCUT2D eigenvalue weighted by Crippen LogP contribution is -2.24. The first-order valence-electron chi connectivity index (χ1n) is 7.77. The topological polar surface area (TPSA) is 41.1 Å². The maximum atomic E-state index is 4.80. The summed E-state index contributed by atoms with van der Waals surface area (Å²) in [6.07, 6.45) is 1.35. The molecule has 0 bridgehead atoms. The van der Waals surface area contributed by atoms with E-state index in [1.807, 2.05) is 0 Å². The number of hydrogen-bond acceptors (Lipinski definition) is 4. The fourth-order valence-corrected chi connectivity index (χ4v) is 2.58. The van der Waals surface area contributed by atoms with Crippen molar-refractivity contribution in [3.63, 3.8) is 0 Å². The van der Waals surface area contributed by atoms with Crippen LogP contribution in [0.4, 0.5) is 11.6 Å². The lowest BCUT2D eigenvalue weighted by atomic mass is 10.2. The van der Waals surface area contributed by atoms with E-state index in [1.165, 1.54) is 6.42 Å². The highest BCUT2D eigenvalue weighted by Gasteiger charge is 2.34. The second-order valence-corrected chi connectivity index (χ2v) is 6.42. The van der Waals surface area contributed by atoms with Gasteiger partial charge in [-0.05, 0) is 32.1 Å². The molecule has 0 aromatic carbocycles. The van der Waals surface area contributed by atoms with Gasteiger partial charge in [-0.3, -0.25) is 0 Å². The zero-order valence-corrected chi connectivity index (χ0v) is 13.7. The number of nitrogens with zero attached hydrogens (tertiary/aromatic N) is 3. The highest BCUT2D eigenvalue weighted by Crippen LogP contribution is 2.39. The zero-order valence-electron chi connectivity index (χ0n) is 13.7. The van der Waals surface area contributed by atoms with Crippen molar-refractivity contribution in [2.45, 2.75) is 47.0 Å². The zero-order chi connectivity index (χ0) is 14.9. The molecule has 0 aliphatic heterocycles. The van der Waals surface area contributed by atoms with Gasteiger partial charge in [-0.15, -0.1) is 0 Å². The first-order chi connectivity index (χ1) is 9.43. The normalized spacial score (nSPS) is 21.1. The Balaban J connectivity index is 2.28. The van der Waals surface area contributed by atoms with Gasteiger partial charge in [0, 0.05) is 31.6 Å². The molecule has 0 spiro atoms. The maximum absolute atomic E-state index is 4.80. The molecular weight excluding hydrogens is 248 g/mol. The minimum Gasteiger partial charge on any atom is -0.370 e. The SMILES string of the molecule is CCNc1nc(C(C)C)nc(N(C)CC2CC2C)c1C. The lowest BCUT2D eigenvalue weighted by Gasteiger charge is -2.23. The van der Waals surface area contributed by atoms with Crippen molar-refractivity contribution < 1.29 is 0 Å². The summed E-state index contributed by atoms with van der Waals surface area (Å²) in [5.41, 5.74) is 1.16. The number of aromatic nitrogens is 2. The van der Waals surface area contributed by atoms with E-state index in [0.29, 0.717) is 5.92 Å². The van der Waals surface area contributed by atoms with E-state index < -0.39 is 0 Å². The molecule has 1 aromatic heterocycles. The van der Waals surface area contributed by atoms with Crippen LogP contribution in [-0.4, -0.2) is 30.1 Å². The highest BCUT2D eigenvalue weighted by atomic mass is 15.2. The maximum Gasteiger partial charge on any atom is 0.137 e. The standard InChI is InChI=1S/C16H28N4/c1-7-17-15-12(5)16(19-14(18-15)10(2)3)20(6)9-13-8-11(13)4/h10-11,13H,7-9H2,1-6H3,(H,17,18,19). The first kappa shape index (κ1) is 15.1. The van der Waals surface area contributed by atoms with E-state index in [1.54, 1.807) is 0 Å². The van der Waals surface area contributed by atoms with Crippen molar-refractivity contribution >= 4 is 11.6 Å². The van der Waals surface area contributed by atoms with Crippen LogP contribution < -0.4 is 10.2 Å². The Bertz CT molecular complexity index is 470. The van der Waals surface area contributed by atoms with Gasteiger partial charge in [0.15, 0.2) is 0 Å². The van der Waals surface area contributed by atoms with Crippen molar-refractivity contribution in [2.75, 3.05) is 30.4 Å². The Kier molecular flexibility index (Phi) is 4.51. The Morgan fingerprint density at radius 3 is 2.50 bits per heavy atom. The van der Waals surface area contributed by atoms with E-state index in [-0.39, 0.29) is 0 Å². The van der Waals surface area contributed by atoms with Gasteiger partial charge in [0.25, 0.3) is 0 Å². The van der Waals surface area contributed by atoms with Crippen LogP contribution in [0.2, 0.25) is 0 Å². The summed E-state index contributed by atoms with van der Waals surface area (Å²) in [6.45, 7) is 12.8. The van der Waals surface area contributed by atoms with Gasteiger partial charge in [-0.1, -0.05) is 20.8 Å². The van der Waals surface area contributed by atoms with Crippen molar-refractivity contribution in [1.82, 2.24) is 9.97 Å². The molecule has 1 N–H and O–H groups in total. The summed E-state index contributed by atoms with van der Waals surface area (Å²) in [6, 6.07) is 0. The van der Waals surface area contributed by atoms with Crippen LogP contribution in [0.5, 0.6) is 0 Å². The lowest BCUT2D eigenvalue weighted by molar-refractivity contribution is 0.705. The summed E-state index contributed by atoms with van der Waals surface area (Å²) in [4.78, 5) is 11.8. The van der Waals surface area contributed by atoms with E-state index in [2.05, 4.69) is 56.9 Å². The monoisotopic (exact) mass is 276 g/mol. The molecule has 20 heavy (non-hydrogen) atoms. The van der Waals surface area contributed by atoms with Gasteiger partial charge in [0.05, 0.1) is 0 Å². The minimum absolute atomic E-state index is 0.347. The summed E-state index contributed by atoms with van der Waals surface area (Å²) < 4.78 is 0. The number of anilines is 2. The van der Waals surface area contributed by atoms with Gasteiger partial charge < -0.3 is 10.2 Å². The van der Waals surface area contributed by atoms with E-state index in [9.17, 15) is 0 Å². The Labute approximate surface area is 123 Å². The molecular formula is C16H28N4. The van der Waals surface area contributed by atoms with Crippen LogP contribution in [0.15, 0.2) is 0 Å². The van der Waals surface area contributed by atoms with Gasteiger partial charge in [-0.25, -0.2) is 9.97 Å². The molecule has 0 amide bonds. The van der Waals surface area contributed by atoms with E-state index >= 15 is 0 Å². The molecule has 0 saturated heterocycles. The van der Waals surface area contributed by atoms with Crippen molar-refractivity contribution in [3.8, 4) is 0 Å². The number of hydrogen-bond donors (Lipinski definition) is 1. The molecule has 2 rings (SSSR count). The van der Waals surface area contributed by atoms with Crippen LogP contribution >= 0.6 is 0 Å². The summed E-state index contributed by atoms with van der Waals surface area (Å²) in [5, 5.41) is 3.37. The number of rotatable bonds is 6. The van der Waals surface area contributed by atoms with Gasteiger partial charge in [0.1, 0.15) is 17.5 Å². The van der Waals surface area contributed by atoms with E-state index in [0.717, 1.165) is 47.9 Å². The Morgan fingerprint density at radius 1 is 1.35 bits per heavy atom. The predicted octanol–water partition coefficient (Wildman–Crippen LogP) is 3.43. The average molecular weight is 276 g/mol. The number of nitrogens with one attached hydrogen (secondary N) is 1. The molecule has 112 valence electrons. The fraction of sp³-hybridized carbons (Fsp3) is 0.750. The third-order valence-corrected chi connectivity index (χ3v) is 4.14. The van der Waals surface area contributed by atoms with Gasteiger partial charge in [0.2, 0.25) is 0 Å². The Hall–Kier alpha value is -1.32. The molecule has 2 atom stereocenters. The van der Waals surface area contributed by atoms with Gasteiger partial charge in [-0.2, -0.15) is 0 Å². The third-order valence-electron chi connectivity index (χ3n) is 4.14. The predicted molar refractivity (Wildman–Crippen MR) is 85.6 cm³/mol. The minimum atomic E-state index is 0.347. The largest absolute Gasteiger partial charge is 0.370 e. The van der Waals surface area contributed by atoms with Crippen molar-refractivity contribution in [3.05, 3.63) is 11.4 Å². The molecule has 1 heterocycles. The van der Waals surface area contributed by atoms with E-state index in [4.69, 9.17) is 4.98 Å². The fourth-order valence-electron chi connectivity index (χ4n) is 2.58. The average Bonchev–Trinajstić information content (AvgIpc) is 3.07. The Morgan fingerprint density at radius 2 is 2.00 bits per heavy atom. The second-order valence-electron chi connectivity index (χ2n) is 6.42. The highest BCUT2D eigenvalue weighted by molar-refractivity contribution is 5.58. The quantitative estimate of drug-likeness (QED) is 0.864. The smallest absolute Gasteiger partial charge is 0.137 e. The molecule has 2 unspecified atom stereocenters. The van der Waals surface area contributed by atoms with Gasteiger partial charge >= 0.3 is 0 Å². The van der Waals surface area contributed by atoms with Crippen LogP contribution in [0, 0.1) is 18.8 Å². The summed E-state index contributed by atoms with van der Waals surface area (Å²) in [5.74, 6) is 5.05. The molecule has 1 aliphatic rings. The molecule has 1 saturated carbocycles. The molecule has 1 aromatic rings. The van der Waals surface area contributed by atoms with Crippen LogP contribution in [0.25, 0.3) is 0 Å². The van der Waals surface area contributed by atoms with Crippen molar-refractivity contribution in [2.24, 2.45) is 11.8 Å². The van der Waals surface area contributed by atoms with Crippen LogP contribution in [-0.2, 0) is 0 Å². The summed E-state index contributed by atoms with van der Waals surface area (Å²) >= 11 is 0. The second kappa shape index (κ2) is 5.98. The molecule has 0 radical (unpaired) electrons. The molecule has 4 heteroatoms. The first-order valence-corrected chi connectivity index (χ1v) is 7.77.